The van der Waals surface area contributed by atoms with Crippen LogP contribution in [0.15, 0.2) is 18.3 Å². The lowest BCUT2D eigenvalue weighted by Gasteiger charge is -2.23. The number of rotatable bonds is 6. The van der Waals surface area contributed by atoms with Crippen LogP contribution in [0.2, 0.25) is 0 Å². The third-order valence-electron chi connectivity index (χ3n) is 3.50. The van der Waals surface area contributed by atoms with Gasteiger partial charge >= 0.3 is 0 Å². The minimum atomic E-state index is 0.387. The molecule has 1 aromatic heterocycles. The number of nitrogens with one attached hydrogen (secondary N) is 1. The van der Waals surface area contributed by atoms with E-state index >= 15 is 0 Å². The molecule has 0 bridgehead atoms. The molecule has 2 unspecified atom stereocenters. The van der Waals surface area contributed by atoms with Crippen molar-refractivity contribution < 1.29 is 4.74 Å². The second-order valence-electron chi connectivity index (χ2n) is 4.66. The van der Waals surface area contributed by atoms with E-state index in [-0.39, 0.29) is 0 Å². The second-order valence-corrected chi connectivity index (χ2v) is 4.66. The smallest absolute Gasteiger partial charge is 0.0626 e. The summed E-state index contributed by atoms with van der Waals surface area (Å²) in [6, 6.07) is 4.61. The molecule has 0 aromatic carbocycles. The van der Waals surface area contributed by atoms with Gasteiger partial charge < -0.3 is 10.1 Å². The van der Waals surface area contributed by atoms with Crippen molar-refractivity contribution in [2.75, 3.05) is 20.3 Å². The first kappa shape index (κ1) is 12.5. The van der Waals surface area contributed by atoms with Crippen LogP contribution in [0.3, 0.4) is 0 Å². The maximum atomic E-state index is 5.67. The summed E-state index contributed by atoms with van der Waals surface area (Å²) in [5.41, 5.74) is 2.68. The SMILES string of the molecule is CCCOCC(NC)C1CCc2cccnc21. The molecule has 1 aliphatic carbocycles. The quantitative estimate of drug-likeness (QED) is 0.766. The molecule has 1 aliphatic rings. The van der Waals surface area contributed by atoms with Gasteiger partial charge in [0.25, 0.3) is 0 Å². The molecule has 0 saturated carbocycles. The Morgan fingerprint density at radius 2 is 2.47 bits per heavy atom. The van der Waals surface area contributed by atoms with Crippen LogP contribution < -0.4 is 5.32 Å². The van der Waals surface area contributed by atoms with Gasteiger partial charge in [-0.3, -0.25) is 4.98 Å². The van der Waals surface area contributed by atoms with Crippen LogP contribution in [0.5, 0.6) is 0 Å². The Morgan fingerprint density at radius 1 is 1.59 bits per heavy atom. The van der Waals surface area contributed by atoms with Crippen LogP contribution in [0.4, 0.5) is 0 Å². The Hall–Kier alpha value is -0.930. The summed E-state index contributed by atoms with van der Waals surface area (Å²) in [4.78, 5) is 4.54. The van der Waals surface area contributed by atoms with E-state index in [2.05, 4.69) is 23.3 Å². The Labute approximate surface area is 104 Å². The minimum Gasteiger partial charge on any atom is -0.380 e. The number of hydrogen-bond donors (Lipinski definition) is 1. The number of nitrogens with zero attached hydrogens (tertiary/aromatic N) is 1. The first-order valence-corrected chi connectivity index (χ1v) is 6.55. The minimum absolute atomic E-state index is 0.387. The van der Waals surface area contributed by atoms with Crippen LogP contribution in [0.25, 0.3) is 0 Å². The van der Waals surface area contributed by atoms with E-state index in [0.717, 1.165) is 26.1 Å². The molecule has 0 saturated heterocycles. The first-order chi connectivity index (χ1) is 8.36. The Balaban J connectivity index is 2.01. The molecule has 0 fully saturated rings. The van der Waals surface area contributed by atoms with Gasteiger partial charge in [0.2, 0.25) is 0 Å². The topological polar surface area (TPSA) is 34.1 Å². The van der Waals surface area contributed by atoms with Crippen LogP contribution in [0, 0.1) is 0 Å². The molecule has 0 amide bonds. The van der Waals surface area contributed by atoms with Gasteiger partial charge in [-0.05, 0) is 37.9 Å². The van der Waals surface area contributed by atoms with Crippen LogP contribution in [-0.4, -0.2) is 31.3 Å². The summed E-state index contributed by atoms with van der Waals surface area (Å²) in [5, 5.41) is 3.38. The second kappa shape index (κ2) is 6.12. The van der Waals surface area contributed by atoms with E-state index in [1.165, 1.54) is 17.7 Å². The van der Waals surface area contributed by atoms with Gasteiger partial charge in [0.15, 0.2) is 0 Å². The van der Waals surface area contributed by atoms with Crippen molar-refractivity contribution in [3.63, 3.8) is 0 Å². The molecule has 94 valence electrons. The molecule has 2 rings (SSSR count). The fourth-order valence-electron chi connectivity index (χ4n) is 2.59. The lowest BCUT2D eigenvalue weighted by molar-refractivity contribution is 0.106. The Bertz CT molecular complexity index is 354. The average Bonchev–Trinajstić information content (AvgIpc) is 2.79. The van der Waals surface area contributed by atoms with Crippen LogP contribution in [-0.2, 0) is 11.2 Å². The number of likely N-dealkylation sites (N-methyl/N-ethyl adjacent to an activating group) is 1. The van der Waals surface area contributed by atoms with Crippen molar-refractivity contribution >= 4 is 0 Å². The van der Waals surface area contributed by atoms with E-state index < -0.39 is 0 Å². The maximum absolute atomic E-state index is 5.67. The van der Waals surface area contributed by atoms with Crippen molar-refractivity contribution in [3.05, 3.63) is 29.6 Å². The monoisotopic (exact) mass is 234 g/mol. The molecule has 17 heavy (non-hydrogen) atoms. The fourth-order valence-corrected chi connectivity index (χ4v) is 2.59. The van der Waals surface area contributed by atoms with Crippen LogP contribution >= 0.6 is 0 Å². The first-order valence-electron chi connectivity index (χ1n) is 6.55. The highest BCUT2D eigenvalue weighted by Gasteiger charge is 2.29. The molecule has 1 N–H and O–H groups in total. The van der Waals surface area contributed by atoms with E-state index in [1.807, 2.05) is 19.3 Å². The van der Waals surface area contributed by atoms with E-state index in [4.69, 9.17) is 4.74 Å². The number of pyridine rings is 1. The van der Waals surface area contributed by atoms with Crippen molar-refractivity contribution in [2.24, 2.45) is 0 Å². The molecular formula is C14H22N2O. The van der Waals surface area contributed by atoms with Crippen molar-refractivity contribution in [1.29, 1.82) is 0 Å². The van der Waals surface area contributed by atoms with Gasteiger partial charge in [-0.25, -0.2) is 0 Å². The zero-order chi connectivity index (χ0) is 12.1. The zero-order valence-electron chi connectivity index (χ0n) is 10.8. The molecular weight excluding hydrogens is 212 g/mol. The van der Waals surface area contributed by atoms with E-state index in [9.17, 15) is 0 Å². The van der Waals surface area contributed by atoms with E-state index in [1.54, 1.807) is 0 Å². The Kier molecular flexibility index (Phi) is 4.51. The molecule has 1 aromatic rings. The van der Waals surface area contributed by atoms with Gasteiger partial charge in [0.1, 0.15) is 0 Å². The fraction of sp³-hybridized carbons (Fsp3) is 0.643. The zero-order valence-corrected chi connectivity index (χ0v) is 10.8. The normalized spacial score (nSPS) is 20.2. The van der Waals surface area contributed by atoms with Crippen molar-refractivity contribution in [2.45, 2.75) is 38.1 Å². The highest BCUT2D eigenvalue weighted by atomic mass is 16.5. The highest BCUT2D eigenvalue weighted by Crippen LogP contribution is 2.33. The third kappa shape index (κ3) is 2.85. The van der Waals surface area contributed by atoms with Crippen molar-refractivity contribution in [3.8, 4) is 0 Å². The van der Waals surface area contributed by atoms with Gasteiger partial charge in [0, 0.05) is 30.5 Å². The summed E-state index contributed by atoms with van der Waals surface area (Å²) in [7, 11) is 2.01. The predicted molar refractivity (Wildman–Crippen MR) is 69.3 cm³/mol. The number of ether oxygens (including phenoxy) is 1. The number of aromatic nitrogens is 1. The summed E-state index contributed by atoms with van der Waals surface area (Å²) in [6.45, 7) is 3.77. The molecule has 3 heteroatoms. The van der Waals surface area contributed by atoms with E-state index in [0.29, 0.717) is 12.0 Å². The summed E-state index contributed by atoms with van der Waals surface area (Å²) < 4.78 is 5.67. The molecule has 3 nitrogen and oxygen atoms in total. The summed E-state index contributed by atoms with van der Waals surface area (Å²) in [5.74, 6) is 0.507. The lowest BCUT2D eigenvalue weighted by atomic mass is 9.97. The van der Waals surface area contributed by atoms with Gasteiger partial charge in [-0.1, -0.05) is 13.0 Å². The molecule has 2 atom stereocenters. The van der Waals surface area contributed by atoms with Gasteiger partial charge in [-0.15, -0.1) is 0 Å². The number of fused-ring (bicyclic) bond motifs is 1. The average molecular weight is 234 g/mol. The summed E-state index contributed by atoms with van der Waals surface area (Å²) in [6.07, 6.45) is 5.32. The molecule has 0 radical (unpaired) electrons. The number of aryl methyl sites for hydroxylation is 1. The predicted octanol–water partition coefficient (Wildman–Crippen LogP) is 2.13. The highest BCUT2D eigenvalue weighted by molar-refractivity contribution is 5.29. The summed E-state index contributed by atoms with van der Waals surface area (Å²) >= 11 is 0. The van der Waals surface area contributed by atoms with Gasteiger partial charge in [0.05, 0.1) is 6.61 Å². The Morgan fingerprint density at radius 3 is 3.24 bits per heavy atom. The van der Waals surface area contributed by atoms with Crippen LogP contribution in [0.1, 0.15) is 36.9 Å². The molecule has 0 spiro atoms. The van der Waals surface area contributed by atoms with Crippen molar-refractivity contribution in [1.82, 2.24) is 10.3 Å². The molecule has 0 aliphatic heterocycles. The lowest BCUT2D eigenvalue weighted by Crippen LogP contribution is -2.36. The molecule has 1 heterocycles. The standard InChI is InChI=1S/C14H22N2O/c1-3-9-17-10-13(15-2)12-7-6-11-5-4-8-16-14(11)12/h4-5,8,12-13,15H,3,6-7,9-10H2,1-2H3. The van der Waals surface area contributed by atoms with Gasteiger partial charge in [-0.2, -0.15) is 0 Å². The largest absolute Gasteiger partial charge is 0.380 e. The third-order valence-corrected chi connectivity index (χ3v) is 3.50. The number of hydrogen-bond acceptors (Lipinski definition) is 3. The maximum Gasteiger partial charge on any atom is 0.0626 e.